The molecule has 0 aliphatic carbocycles. The van der Waals surface area contributed by atoms with E-state index in [-0.39, 0.29) is 29.9 Å². The number of carbonyl (C=O) groups is 2. The summed E-state index contributed by atoms with van der Waals surface area (Å²) in [5.41, 5.74) is 1.02. The summed E-state index contributed by atoms with van der Waals surface area (Å²) in [5.74, 6) is -0.889. The normalized spacial score (nSPS) is 16.6. The Morgan fingerprint density at radius 3 is 2.53 bits per heavy atom. The van der Waals surface area contributed by atoms with E-state index in [4.69, 9.17) is 9.47 Å². The molecule has 8 heteroatoms. The molecule has 0 saturated carbocycles. The second kappa shape index (κ2) is 8.94. The molecule has 1 aliphatic rings. The van der Waals surface area contributed by atoms with E-state index in [1.807, 2.05) is 44.2 Å². The molecule has 8 nitrogen and oxygen atoms in total. The summed E-state index contributed by atoms with van der Waals surface area (Å²) >= 11 is 0. The molecule has 0 N–H and O–H groups in total. The third-order valence-corrected chi connectivity index (χ3v) is 4.95. The van der Waals surface area contributed by atoms with Crippen LogP contribution in [0.25, 0.3) is 0 Å². The highest BCUT2D eigenvalue weighted by Gasteiger charge is 2.42. The highest BCUT2D eigenvalue weighted by Crippen LogP contribution is 2.40. The van der Waals surface area contributed by atoms with Crippen LogP contribution in [-0.4, -0.2) is 28.9 Å². The fraction of sp³-hybridized carbons (Fsp3) is 0.364. The van der Waals surface area contributed by atoms with Gasteiger partial charge in [-0.3, -0.25) is 19.8 Å². The Morgan fingerprint density at radius 2 is 1.93 bits per heavy atom. The Morgan fingerprint density at radius 1 is 1.23 bits per heavy atom. The van der Waals surface area contributed by atoms with Crippen LogP contribution in [0, 0.1) is 16.0 Å². The summed E-state index contributed by atoms with van der Waals surface area (Å²) in [6.45, 7) is 5.51. The van der Waals surface area contributed by atoms with Crippen LogP contribution in [0.2, 0.25) is 0 Å². The van der Waals surface area contributed by atoms with Gasteiger partial charge in [-0.15, -0.1) is 0 Å². The molecule has 0 aromatic heterocycles. The van der Waals surface area contributed by atoms with Crippen molar-refractivity contribution in [3.05, 3.63) is 64.2 Å². The molecule has 0 saturated heterocycles. The van der Waals surface area contributed by atoms with Gasteiger partial charge in [0.1, 0.15) is 12.6 Å². The second-order valence-corrected chi connectivity index (χ2v) is 7.42. The minimum Gasteiger partial charge on any atom is -0.478 e. The fourth-order valence-corrected chi connectivity index (χ4v) is 3.38. The summed E-state index contributed by atoms with van der Waals surface area (Å²) in [5, 5.41) is 11.2. The van der Waals surface area contributed by atoms with E-state index in [0.29, 0.717) is 12.1 Å². The van der Waals surface area contributed by atoms with Crippen molar-refractivity contribution in [3.63, 3.8) is 0 Å². The Bertz CT molecular complexity index is 944. The highest BCUT2D eigenvalue weighted by molar-refractivity contribution is 6.04. The van der Waals surface area contributed by atoms with Crippen molar-refractivity contribution in [2.24, 2.45) is 5.92 Å². The molecule has 158 valence electrons. The summed E-state index contributed by atoms with van der Waals surface area (Å²) in [6, 6.07) is 12.4. The van der Waals surface area contributed by atoms with Crippen molar-refractivity contribution in [1.82, 2.24) is 0 Å². The van der Waals surface area contributed by atoms with Crippen molar-refractivity contribution >= 4 is 23.3 Å². The zero-order valence-corrected chi connectivity index (χ0v) is 17.1. The number of hydrogen-bond acceptors (Lipinski definition) is 6. The summed E-state index contributed by atoms with van der Waals surface area (Å²) in [6.07, 6.45) is -0.531. The predicted octanol–water partition coefficient (Wildman–Crippen LogP) is 3.87. The maximum Gasteiger partial charge on any atom is 0.329 e. The number of anilines is 1. The largest absolute Gasteiger partial charge is 0.478 e. The van der Waals surface area contributed by atoms with Crippen LogP contribution in [0.1, 0.15) is 32.8 Å². The van der Waals surface area contributed by atoms with Crippen molar-refractivity contribution < 1.29 is 24.0 Å². The maximum absolute atomic E-state index is 13.2. The molecular formula is C22H24N2O6. The lowest BCUT2D eigenvalue weighted by Gasteiger charge is -2.39. The molecule has 0 bridgehead atoms. The zero-order chi connectivity index (χ0) is 21.8. The van der Waals surface area contributed by atoms with Crippen LogP contribution < -0.4 is 9.64 Å². The van der Waals surface area contributed by atoms with E-state index >= 15 is 0 Å². The predicted molar refractivity (Wildman–Crippen MR) is 110 cm³/mol. The van der Waals surface area contributed by atoms with Gasteiger partial charge in [-0.1, -0.05) is 51.1 Å². The number of fused-ring (bicyclic) bond motifs is 1. The quantitative estimate of drug-likeness (QED) is 0.389. The first-order valence-electron chi connectivity index (χ1n) is 9.82. The molecule has 2 unspecified atom stereocenters. The van der Waals surface area contributed by atoms with Gasteiger partial charge in [0.25, 0.3) is 11.6 Å². The lowest BCUT2D eigenvalue weighted by molar-refractivity contribution is -0.384. The molecule has 2 aromatic carbocycles. The Balaban J connectivity index is 1.93. The number of carbonyl (C=O) groups excluding carboxylic acids is 2. The van der Waals surface area contributed by atoms with Crippen LogP contribution in [0.5, 0.6) is 5.75 Å². The molecule has 2 aromatic rings. The number of non-ortho nitro benzene ring substituents is 1. The van der Waals surface area contributed by atoms with Crippen molar-refractivity contribution in [3.8, 4) is 5.75 Å². The van der Waals surface area contributed by atoms with Gasteiger partial charge >= 0.3 is 5.97 Å². The van der Waals surface area contributed by atoms with Crippen LogP contribution in [0.3, 0.4) is 0 Å². The molecule has 1 aliphatic heterocycles. The number of benzene rings is 2. The van der Waals surface area contributed by atoms with E-state index in [1.165, 1.54) is 23.1 Å². The second-order valence-electron chi connectivity index (χ2n) is 7.42. The number of nitrogens with zero attached hydrogens (tertiary/aromatic N) is 2. The van der Waals surface area contributed by atoms with Gasteiger partial charge < -0.3 is 9.47 Å². The lowest BCUT2D eigenvalue weighted by Crippen LogP contribution is -2.55. The van der Waals surface area contributed by atoms with Crippen LogP contribution in [0.4, 0.5) is 11.4 Å². The van der Waals surface area contributed by atoms with Gasteiger partial charge in [0, 0.05) is 6.07 Å². The number of nitro benzene ring substituents is 1. The van der Waals surface area contributed by atoms with Crippen molar-refractivity contribution in [2.45, 2.75) is 45.9 Å². The van der Waals surface area contributed by atoms with Gasteiger partial charge in [-0.2, -0.15) is 0 Å². The van der Waals surface area contributed by atoms with Gasteiger partial charge in [-0.05, 0) is 24.0 Å². The molecule has 1 heterocycles. The zero-order valence-electron chi connectivity index (χ0n) is 17.1. The van der Waals surface area contributed by atoms with Gasteiger partial charge in [0.15, 0.2) is 11.9 Å². The minimum absolute atomic E-state index is 0.0927. The molecule has 30 heavy (non-hydrogen) atoms. The van der Waals surface area contributed by atoms with E-state index in [9.17, 15) is 19.7 Å². The summed E-state index contributed by atoms with van der Waals surface area (Å²) in [7, 11) is 0. The van der Waals surface area contributed by atoms with E-state index in [2.05, 4.69) is 0 Å². The number of amides is 1. The molecule has 1 amide bonds. The standard InChI is InChI=1S/C22H24N2O6/c1-4-17(22(26)29-13-15-8-6-5-7-9-15)23-18-11-10-16(24(27)28)12-19(18)30-20(14(2)3)21(23)25/h5-12,14,17,20H,4,13H2,1-3H3. The molecule has 0 fully saturated rings. The van der Waals surface area contributed by atoms with Gasteiger partial charge in [-0.25, -0.2) is 4.79 Å². The number of ether oxygens (including phenoxy) is 2. The fourth-order valence-electron chi connectivity index (χ4n) is 3.38. The van der Waals surface area contributed by atoms with Crippen LogP contribution in [0.15, 0.2) is 48.5 Å². The Kier molecular flexibility index (Phi) is 6.34. The Hall–Kier alpha value is -3.42. The molecule has 0 spiro atoms. The third-order valence-electron chi connectivity index (χ3n) is 4.95. The smallest absolute Gasteiger partial charge is 0.329 e. The first kappa shape index (κ1) is 21.3. The van der Waals surface area contributed by atoms with Gasteiger partial charge in [0.05, 0.1) is 16.7 Å². The van der Waals surface area contributed by atoms with E-state index in [1.54, 1.807) is 6.92 Å². The Labute approximate surface area is 174 Å². The van der Waals surface area contributed by atoms with Crippen LogP contribution in [-0.2, 0) is 20.9 Å². The van der Waals surface area contributed by atoms with Crippen molar-refractivity contribution in [2.75, 3.05) is 4.90 Å². The highest BCUT2D eigenvalue weighted by atomic mass is 16.6. The molecule has 2 atom stereocenters. The third kappa shape index (κ3) is 4.27. The van der Waals surface area contributed by atoms with Gasteiger partial charge in [0.2, 0.25) is 0 Å². The number of esters is 1. The summed E-state index contributed by atoms with van der Waals surface area (Å²) < 4.78 is 11.3. The number of nitro groups is 1. The van der Waals surface area contributed by atoms with Crippen LogP contribution >= 0.6 is 0 Å². The topological polar surface area (TPSA) is 99.0 Å². The summed E-state index contributed by atoms with van der Waals surface area (Å²) in [4.78, 5) is 38.1. The molecule has 0 radical (unpaired) electrons. The number of rotatable bonds is 7. The average Bonchev–Trinajstić information content (AvgIpc) is 2.74. The molecule has 3 rings (SSSR count). The average molecular weight is 412 g/mol. The first-order chi connectivity index (χ1) is 14.3. The maximum atomic E-state index is 13.2. The SMILES string of the molecule is CCC(C(=O)OCc1ccccc1)N1C(=O)C(C(C)C)Oc2cc([N+](=O)[O-])ccc21. The first-order valence-corrected chi connectivity index (χ1v) is 9.82. The number of hydrogen-bond donors (Lipinski definition) is 0. The van der Waals surface area contributed by atoms with E-state index < -0.39 is 23.0 Å². The van der Waals surface area contributed by atoms with E-state index in [0.717, 1.165) is 5.56 Å². The monoisotopic (exact) mass is 412 g/mol. The molecular weight excluding hydrogens is 388 g/mol. The lowest BCUT2D eigenvalue weighted by atomic mass is 10.0. The minimum atomic E-state index is -0.869. The van der Waals surface area contributed by atoms with Crippen molar-refractivity contribution in [1.29, 1.82) is 0 Å².